The van der Waals surface area contributed by atoms with Crippen LogP contribution in [-0.2, 0) is 10.0 Å². The second kappa shape index (κ2) is 10.9. The number of ether oxygens (including phenoxy) is 5. The second-order valence-corrected chi connectivity index (χ2v) is 8.87. The Morgan fingerprint density at radius 1 is 0.714 bits per heavy atom. The molecule has 3 rings (SSSR count). The largest absolute Gasteiger partial charge is 0.503 e. The lowest BCUT2D eigenvalue weighted by molar-refractivity contribution is 0.324. The molecule has 35 heavy (non-hydrogen) atoms. The van der Waals surface area contributed by atoms with Gasteiger partial charge in [-0.3, -0.25) is 4.72 Å². The third-order valence-electron chi connectivity index (χ3n) is 5.09. The van der Waals surface area contributed by atoms with Crippen LogP contribution in [0.4, 0.5) is 5.69 Å². The van der Waals surface area contributed by atoms with E-state index in [-0.39, 0.29) is 22.1 Å². The molecule has 3 aromatic rings. The third kappa shape index (κ3) is 5.72. The molecule has 0 aliphatic heterocycles. The van der Waals surface area contributed by atoms with E-state index in [4.69, 9.17) is 23.7 Å². The van der Waals surface area contributed by atoms with Crippen molar-refractivity contribution in [2.24, 2.45) is 0 Å². The molecule has 0 aromatic heterocycles. The molecule has 0 saturated carbocycles. The molecule has 0 aliphatic carbocycles. The van der Waals surface area contributed by atoms with Crippen molar-refractivity contribution in [1.82, 2.24) is 0 Å². The van der Waals surface area contributed by atoms with Gasteiger partial charge in [0.2, 0.25) is 5.75 Å². The Kier molecular flexibility index (Phi) is 7.98. The van der Waals surface area contributed by atoms with Crippen molar-refractivity contribution in [1.29, 1.82) is 0 Å². The molecule has 0 amide bonds. The van der Waals surface area contributed by atoms with Gasteiger partial charge in [-0.25, -0.2) is 8.42 Å². The Morgan fingerprint density at radius 3 is 1.71 bits per heavy atom. The van der Waals surface area contributed by atoms with Gasteiger partial charge >= 0.3 is 0 Å². The van der Waals surface area contributed by atoms with Crippen molar-refractivity contribution < 1.29 is 37.2 Å². The molecule has 9 nitrogen and oxygen atoms in total. The number of phenols is 1. The predicted molar refractivity (Wildman–Crippen MR) is 133 cm³/mol. The highest BCUT2D eigenvalue weighted by molar-refractivity contribution is 7.92. The first-order valence-electron chi connectivity index (χ1n) is 10.3. The highest BCUT2D eigenvalue weighted by Crippen LogP contribution is 2.40. The minimum absolute atomic E-state index is 0.00929. The standard InChI is InChI=1S/C25H27NO8S/c1-30-18-8-10-19(11-9-18)35(28,29)26-20-12-16(13-21(31-2)24(20)27)6-7-17-14-22(32-3)25(34-5)23(15-17)33-4/h6-15,26-27H,1-5H3/b7-6-. The van der Waals surface area contributed by atoms with Crippen LogP contribution in [0.1, 0.15) is 11.1 Å². The zero-order valence-electron chi connectivity index (χ0n) is 20.0. The van der Waals surface area contributed by atoms with Gasteiger partial charge in [0.15, 0.2) is 23.0 Å². The summed E-state index contributed by atoms with van der Waals surface area (Å²) < 4.78 is 54.6. The van der Waals surface area contributed by atoms with Gasteiger partial charge in [0.05, 0.1) is 46.1 Å². The lowest BCUT2D eigenvalue weighted by Crippen LogP contribution is -2.13. The summed E-state index contributed by atoms with van der Waals surface area (Å²) in [6.07, 6.45) is 3.51. The molecule has 0 spiro atoms. The van der Waals surface area contributed by atoms with Gasteiger partial charge in [0.25, 0.3) is 10.0 Å². The fourth-order valence-corrected chi connectivity index (χ4v) is 4.36. The van der Waals surface area contributed by atoms with Gasteiger partial charge in [-0.1, -0.05) is 12.2 Å². The lowest BCUT2D eigenvalue weighted by atomic mass is 10.1. The zero-order valence-corrected chi connectivity index (χ0v) is 20.8. The second-order valence-electron chi connectivity index (χ2n) is 7.19. The molecule has 0 saturated heterocycles. The molecule has 0 radical (unpaired) electrons. The Balaban J connectivity index is 1.97. The van der Waals surface area contributed by atoms with E-state index in [0.717, 1.165) is 5.56 Å². The zero-order chi connectivity index (χ0) is 25.6. The van der Waals surface area contributed by atoms with Crippen LogP contribution in [0.25, 0.3) is 12.2 Å². The smallest absolute Gasteiger partial charge is 0.262 e. The molecule has 10 heteroatoms. The number of sulfonamides is 1. The van der Waals surface area contributed by atoms with Crippen LogP contribution < -0.4 is 28.4 Å². The van der Waals surface area contributed by atoms with E-state index in [9.17, 15) is 13.5 Å². The summed E-state index contributed by atoms with van der Waals surface area (Å²) in [6.45, 7) is 0. The van der Waals surface area contributed by atoms with E-state index in [1.807, 2.05) is 0 Å². The van der Waals surface area contributed by atoms with Crippen LogP contribution in [0.15, 0.2) is 53.4 Å². The highest BCUT2D eigenvalue weighted by Gasteiger charge is 2.19. The molecular formula is C25H27NO8S. The number of phenolic OH excluding ortho intramolecular Hbond substituents is 1. The van der Waals surface area contributed by atoms with Gasteiger partial charge in [-0.2, -0.15) is 0 Å². The summed E-state index contributed by atoms with van der Waals surface area (Å²) in [4.78, 5) is 0.00929. The van der Waals surface area contributed by atoms with Crippen LogP contribution in [0.2, 0.25) is 0 Å². The third-order valence-corrected chi connectivity index (χ3v) is 6.47. The molecule has 186 valence electrons. The van der Waals surface area contributed by atoms with E-state index in [2.05, 4.69) is 4.72 Å². The molecular weight excluding hydrogens is 474 g/mol. The van der Waals surface area contributed by atoms with Gasteiger partial charge in [0.1, 0.15) is 5.75 Å². The van der Waals surface area contributed by atoms with Crippen molar-refractivity contribution in [3.8, 4) is 34.5 Å². The van der Waals surface area contributed by atoms with Crippen LogP contribution in [0.5, 0.6) is 34.5 Å². The number of rotatable bonds is 10. The molecule has 0 atom stereocenters. The van der Waals surface area contributed by atoms with Crippen molar-refractivity contribution >= 4 is 27.9 Å². The minimum atomic E-state index is -3.99. The van der Waals surface area contributed by atoms with Crippen molar-refractivity contribution in [3.05, 3.63) is 59.7 Å². The number of methoxy groups -OCH3 is 5. The first-order chi connectivity index (χ1) is 16.8. The van der Waals surface area contributed by atoms with Crippen LogP contribution >= 0.6 is 0 Å². The van der Waals surface area contributed by atoms with E-state index >= 15 is 0 Å². The van der Waals surface area contributed by atoms with Gasteiger partial charge in [-0.15, -0.1) is 0 Å². The highest BCUT2D eigenvalue weighted by atomic mass is 32.2. The van der Waals surface area contributed by atoms with Crippen molar-refractivity contribution in [2.45, 2.75) is 4.90 Å². The normalized spacial score (nSPS) is 11.2. The molecule has 2 N–H and O–H groups in total. The monoisotopic (exact) mass is 501 g/mol. The molecule has 0 aliphatic rings. The molecule has 0 heterocycles. The maximum atomic E-state index is 12.9. The Morgan fingerprint density at radius 2 is 1.23 bits per heavy atom. The van der Waals surface area contributed by atoms with Crippen molar-refractivity contribution in [3.63, 3.8) is 0 Å². The van der Waals surface area contributed by atoms with Gasteiger partial charge in [0, 0.05) is 0 Å². The Bertz CT molecular complexity index is 1290. The summed E-state index contributed by atoms with van der Waals surface area (Å²) >= 11 is 0. The quantitative estimate of drug-likeness (QED) is 0.310. The van der Waals surface area contributed by atoms with Gasteiger partial charge in [-0.05, 0) is 59.7 Å². The number of aromatic hydroxyl groups is 1. The topological polar surface area (TPSA) is 113 Å². The van der Waals surface area contributed by atoms with Crippen LogP contribution in [0, 0.1) is 0 Å². The molecule has 0 unspecified atom stereocenters. The number of anilines is 1. The average Bonchev–Trinajstić information content (AvgIpc) is 2.87. The first kappa shape index (κ1) is 25.6. The molecule has 0 fully saturated rings. The Labute approximate surface area is 204 Å². The van der Waals surface area contributed by atoms with E-state index in [1.54, 1.807) is 30.4 Å². The maximum Gasteiger partial charge on any atom is 0.262 e. The number of hydrogen-bond acceptors (Lipinski definition) is 8. The minimum Gasteiger partial charge on any atom is -0.503 e. The lowest BCUT2D eigenvalue weighted by Gasteiger charge is -2.14. The number of nitrogens with one attached hydrogen (secondary N) is 1. The number of hydrogen-bond donors (Lipinski definition) is 2. The average molecular weight is 502 g/mol. The van der Waals surface area contributed by atoms with E-state index in [0.29, 0.717) is 28.6 Å². The Hall–Kier alpha value is -4.05. The van der Waals surface area contributed by atoms with Gasteiger partial charge < -0.3 is 28.8 Å². The number of benzene rings is 3. The summed E-state index contributed by atoms with van der Waals surface area (Å²) in [5.74, 6) is 1.73. The first-order valence-corrected chi connectivity index (χ1v) is 11.8. The maximum absolute atomic E-state index is 12.9. The summed E-state index contributed by atoms with van der Waals surface area (Å²) in [7, 11) is 3.45. The predicted octanol–water partition coefficient (Wildman–Crippen LogP) is 4.41. The summed E-state index contributed by atoms with van der Waals surface area (Å²) in [6, 6.07) is 12.5. The van der Waals surface area contributed by atoms with Crippen LogP contribution in [-0.4, -0.2) is 49.1 Å². The van der Waals surface area contributed by atoms with Crippen LogP contribution in [0.3, 0.4) is 0 Å². The van der Waals surface area contributed by atoms with Crippen molar-refractivity contribution in [2.75, 3.05) is 40.3 Å². The van der Waals surface area contributed by atoms with E-state index < -0.39 is 10.0 Å². The fourth-order valence-electron chi connectivity index (χ4n) is 3.31. The summed E-state index contributed by atoms with van der Waals surface area (Å²) in [5.41, 5.74) is 1.28. The molecule has 0 bridgehead atoms. The summed E-state index contributed by atoms with van der Waals surface area (Å²) in [5, 5.41) is 10.5. The SMILES string of the molecule is COc1ccc(S(=O)(=O)Nc2cc(/C=C\c3cc(OC)c(OC)c(OC)c3)cc(OC)c2O)cc1. The fraction of sp³-hybridized carbons (Fsp3) is 0.200. The molecule has 3 aromatic carbocycles. The van der Waals surface area contributed by atoms with E-state index in [1.165, 1.54) is 65.9 Å².